The van der Waals surface area contributed by atoms with Crippen molar-refractivity contribution in [1.29, 1.82) is 0 Å². The third-order valence-electron chi connectivity index (χ3n) is 4.79. The minimum absolute atomic E-state index is 0.171. The highest BCUT2D eigenvalue weighted by Gasteiger charge is 2.27. The number of hydrogen-bond acceptors (Lipinski definition) is 6. The van der Waals surface area contributed by atoms with Gasteiger partial charge in [-0.15, -0.1) is 0 Å². The molecule has 1 aliphatic heterocycles. The predicted octanol–water partition coefficient (Wildman–Crippen LogP) is 3.06. The minimum Gasteiger partial charge on any atom is -0.492 e. The number of likely N-dealkylation sites (tertiary alicyclic amines) is 1. The van der Waals surface area contributed by atoms with Crippen molar-refractivity contribution in [2.75, 3.05) is 26.8 Å². The first-order chi connectivity index (χ1) is 13.7. The maximum absolute atomic E-state index is 12.2. The summed E-state index contributed by atoms with van der Waals surface area (Å²) in [6, 6.07) is 16.7. The number of hydrogen-bond donors (Lipinski definition) is 0. The summed E-state index contributed by atoms with van der Waals surface area (Å²) in [5.74, 6) is 0.0897. The summed E-state index contributed by atoms with van der Waals surface area (Å²) in [6.07, 6.45) is 2.01. The summed E-state index contributed by atoms with van der Waals surface area (Å²) in [7, 11) is 1.35. The number of esters is 2. The normalized spacial score (nSPS) is 16.5. The van der Waals surface area contributed by atoms with Crippen molar-refractivity contribution in [1.82, 2.24) is 4.90 Å². The van der Waals surface area contributed by atoms with Crippen molar-refractivity contribution >= 4 is 11.9 Å². The van der Waals surface area contributed by atoms with Gasteiger partial charge >= 0.3 is 11.9 Å². The Bertz CT molecular complexity index is 775. The van der Waals surface area contributed by atoms with Gasteiger partial charge in [0, 0.05) is 6.04 Å². The lowest BCUT2D eigenvalue weighted by atomic mass is 10.2. The Kier molecular flexibility index (Phi) is 7.03. The van der Waals surface area contributed by atoms with Crippen LogP contribution in [0, 0.1) is 0 Å². The second-order valence-electron chi connectivity index (χ2n) is 6.74. The Labute approximate surface area is 165 Å². The predicted molar refractivity (Wildman–Crippen MR) is 104 cm³/mol. The standard InChI is InChI=1S/C22H25NO5/c1-26-22(25)18-9-11-20(12-10-18)27-16-19-8-5-13-23(19)14-21(24)28-15-17-6-3-2-4-7-17/h2-4,6-7,9-12,19H,5,8,13-16H2,1H3/t19-/m0/s1. The molecule has 0 unspecified atom stereocenters. The third kappa shape index (κ3) is 5.57. The van der Waals surface area contributed by atoms with Crippen molar-refractivity contribution in [2.45, 2.75) is 25.5 Å². The molecule has 148 valence electrons. The average Bonchev–Trinajstić information content (AvgIpc) is 3.18. The number of nitrogens with zero attached hydrogens (tertiary/aromatic N) is 1. The summed E-state index contributed by atoms with van der Waals surface area (Å²) in [6.45, 7) is 1.91. The van der Waals surface area contributed by atoms with E-state index in [9.17, 15) is 9.59 Å². The number of methoxy groups -OCH3 is 1. The van der Waals surface area contributed by atoms with Crippen LogP contribution in [0.15, 0.2) is 54.6 Å². The molecule has 0 saturated carbocycles. The van der Waals surface area contributed by atoms with Crippen molar-refractivity contribution in [3.63, 3.8) is 0 Å². The van der Waals surface area contributed by atoms with Gasteiger partial charge in [0.1, 0.15) is 19.0 Å². The zero-order valence-electron chi connectivity index (χ0n) is 16.0. The maximum Gasteiger partial charge on any atom is 0.337 e. The Hall–Kier alpha value is -2.86. The third-order valence-corrected chi connectivity index (χ3v) is 4.79. The Balaban J connectivity index is 1.45. The molecule has 2 aromatic carbocycles. The van der Waals surface area contributed by atoms with E-state index in [0.717, 1.165) is 24.9 Å². The molecule has 0 spiro atoms. The van der Waals surface area contributed by atoms with Gasteiger partial charge in [0.2, 0.25) is 0 Å². The van der Waals surface area contributed by atoms with Crippen LogP contribution >= 0.6 is 0 Å². The zero-order valence-corrected chi connectivity index (χ0v) is 16.0. The minimum atomic E-state index is -0.373. The maximum atomic E-state index is 12.2. The zero-order chi connectivity index (χ0) is 19.8. The van der Waals surface area contributed by atoms with E-state index in [-0.39, 0.29) is 24.5 Å². The fourth-order valence-corrected chi connectivity index (χ4v) is 3.24. The van der Waals surface area contributed by atoms with Crippen LogP contribution in [0.4, 0.5) is 0 Å². The van der Waals surface area contributed by atoms with Crippen LogP contribution in [-0.2, 0) is 20.9 Å². The van der Waals surface area contributed by atoms with E-state index in [0.29, 0.717) is 24.5 Å². The van der Waals surface area contributed by atoms with Crippen molar-refractivity contribution < 1.29 is 23.8 Å². The smallest absolute Gasteiger partial charge is 0.337 e. The number of benzene rings is 2. The molecule has 0 N–H and O–H groups in total. The molecule has 0 bridgehead atoms. The quantitative estimate of drug-likeness (QED) is 0.653. The van der Waals surface area contributed by atoms with Crippen molar-refractivity contribution in [3.8, 4) is 5.75 Å². The highest BCUT2D eigenvalue weighted by molar-refractivity contribution is 5.89. The van der Waals surface area contributed by atoms with Crippen molar-refractivity contribution in [2.24, 2.45) is 0 Å². The molecule has 1 aliphatic rings. The monoisotopic (exact) mass is 383 g/mol. The molecule has 3 rings (SSSR count). The topological polar surface area (TPSA) is 65.1 Å². The highest BCUT2D eigenvalue weighted by atomic mass is 16.5. The van der Waals surface area contributed by atoms with E-state index < -0.39 is 0 Å². The van der Waals surface area contributed by atoms with Crippen LogP contribution in [0.5, 0.6) is 5.75 Å². The van der Waals surface area contributed by atoms with E-state index in [1.54, 1.807) is 24.3 Å². The van der Waals surface area contributed by atoms with E-state index in [4.69, 9.17) is 9.47 Å². The molecule has 2 aromatic rings. The summed E-state index contributed by atoms with van der Waals surface area (Å²) in [4.78, 5) is 25.7. The van der Waals surface area contributed by atoms with Gasteiger partial charge in [-0.25, -0.2) is 4.79 Å². The van der Waals surface area contributed by atoms with Gasteiger partial charge in [-0.05, 0) is 49.2 Å². The molecule has 1 heterocycles. The highest BCUT2D eigenvalue weighted by Crippen LogP contribution is 2.20. The molecule has 0 aromatic heterocycles. The first kappa shape index (κ1) is 19.9. The molecule has 28 heavy (non-hydrogen) atoms. The second-order valence-corrected chi connectivity index (χ2v) is 6.74. The SMILES string of the molecule is COC(=O)c1ccc(OC[C@@H]2CCCN2CC(=O)OCc2ccccc2)cc1. The molecule has 1 saturated heterocycles. The molecule has 6 heteroatoms. The summed E-state index contributed by atoms with van der Waals surface area (Å²) in [5.41, 5.74) is 1.46. The van der Waals surface area contributed by atoms with Crippen LogP contribution in [0.2, 0.25) is 0 Å². The molecule has 6 nitrogen and oxygen atoms in total. The fourth-order valence-electron chi connectivity index (χ4n) is 3.24. The van der Waals surface area contributed by atoms with E-state index >= 15 is 0 Å². The molecular formula is C22H25NO5. The first-order valence-electron chi connectivity index (χ1n) is 9.40. The Morgan fingerprint density at radius 1 is 1.07 bits per heavy atom. The number of rotatable bonds is 8. The van der Waals surface area contributed by atoms with E-state index in [1.165, 1.54) is 7.11 Å². The number of carbonyl (C=O) groups excluding carboxylic acids is 2. The van der Waals surface area contributed by atoms with Gasteiger partial charge in [0.25, 0.3) is 0 Å². The molecular weight excluding hydrogens is 358 g/mol. The average molecular weight is 383 g/mol. The van der Waals surface area contributed by atoms with E-state index in [2.05, 4.69) is 9.64 Å². The second kappa shape index (κ2) is 9.90. The summed E-state index contributed by atoms with van der Waals surface area (Å²) >= 11 is 0. The van der Waals surface area contributed by atoms with Crippen LogP contribution < -0.4 is 4.74 Å². The molecule has 0 amide bonds. The number of carbonyl (C=O) groups is 2. The Morgan fingerprint density at radius 3 is 2.54 bits per heavy atom. The lowest BCUT2D eigenvalue weighted by Crippen LogP contribution is -2.38. The molecule has 1 fully saturated rings. The van der Waals surface area contributed by atoms with E-state index in [1.807, 2.05) is 30.3 Å². The van der Waals surface area contributed by atoms with Gasteiger partial charge in [-0.1, -0.05) is 30.3 Å². The molecule has 0 aliphatic carbocycles. The van der Waals surface area contributed by atoms with Gasteiger partial charge in [-0.2, -0.15) is 0 Å². The van der Waals surface area contributed by atoms with Crippen LogP contribution in [0.3, 0.4) is 0 Å². The number of ether oxygens (including phenoxy) is 3. The largest absolute Gasteiger partial charge is 0.492 e. The Morgan fingerprint density at radius 2 is 1.82 bits per heavy atom. The van der Waals surface area contributed by atoms with Gasteiger partial charge in [0.15, 0.2) is 0 Å². The van der Waals surface area contributed by atoms with Crippen LogP contribution in [0.25, 0.3) is 0 Å². The first-order valence-corrected chi connectivity index (χ1v) is 9.40. The fraction of sp³-hybridized carbons (Fsp3) is 0.364. The van der Waals surface area contributed by atoms with Crippen LogP contribution in [0.1, 0.15) is 28.8 Å². The summed E-state index contributed by atoms with van der Waals surface area (Å²) < 4.78 is 15.9. The molecule has 0 radical (unpaired) electrons. The lowest BCUT2D eigenvalue weighted by Gasteiger charge is -2.23. The van der Waals surface area contributed by atoms with Gasteiger partial charge in [-0.3, -0.25) is 9.69 Å². The van der Waals surface area contributed by atoms with Crippen molar-refractivity contribution in [3.05, 3.63) is 65.7 Å². The summed E-state index contributed by atoms with van der Waals surface area (Å²) in [5, 5.41) is 0. The van der Waals surface area contributed by atoms with Gasteiger partial charge < -0.3 is 14.2 Å². The van der Waals surface area contributed by atoms with Crippen LogP contribution in [-0.4, -0.2) is 49.7 Å². The lowest BCUT2D eigenvalue weighted by molar-refractivity contribution is -0.146. The van der Waals surface area contributed by atoms with Gasteiger partial charge in [0.05, 0.1) is 19.2 Å². The molecule has 1 atom stereocenters.